The van der Waals surface area contributed by atoms with E-state index in [1.165, 1.54) is 41.3 Å². The number of nitrogens with zero attached hydrogens (tertiary/aromatic N) is 1. The highest BCUT2D eigenvalue weighted by atomic mass is 19.4. The molecule has 0 bridgehead atoms. The normalized spacial score (nSPS) is 17.5. The van der Waals surface area contributed by atoms with E-state index in [1.807, 2.05) is 0 Å². The molecule has 1 N–H and O–H groups in total. The topological polar surface area (TPSA) is 49.4 Å². The molecular formula is C18H14F4N2O2. The summed E-state index contributed by atoms with van der Waals surface area (Å²) in [6.45, 7) is -0.0207. The second-order valence-corrected chi connectivity index (χ2v) is 5.95. The van der Waals surface area contributed by atoms with Gasteiger partial charge in [0.05, 0.1) is 11.5 Å². The highest BCUT2D eigenvalue weighted by Gasteiger charge is 2.36. The van der Waals surface area contributed by atoms with Gasteiger partial charge in [0.25, 0.3) is 0 Å². The zero-order valence-corrected chi connectivity index (χ0v) is 13.4. The minimum Gasteiger partial charge on any atom is -0.326 e. The lowest BCUT2D eigenvalue weighted by molar-refractivity contribution is -0.137. The average molecular weight is 366 g/mol. The van der Waals surface area contributed by atoms with Crippen molar-refractivity contribution in [1.29, 1.82) is 0 Å². The molecule has 1 aliphatic rings. The van der Waals surface area contributed by atoms with E-state index in [4.69, 9.17) is 0 Å². The Bertz CT molecular complexity index is 834. The third-order valence-electron chi connectivity index (χ3n) is 4.09. The van der Waals surface area contributed by atoms with Crippen molar-refractivity contribution in [2.75, 3.05) is 16.8 Å². The second kappa shape index (κ2) is 6.78. The van der Waals surface area contributed by atoms with Gasteiger partial charge in [-0.25, -0.2) is 4.39 Å². The van der Waals surface area contributed by atoms with Gasteiger partial charge < -0.3 is 10.2 Å². The third kappa shape index (κ3) is 3.84. The molecule has 4 nitrogen and oxygen atoms in total. The van der Waals surface area contributed by atoms with Crippen LogP contribution < -0.4 is 10.2 Å². The number of hydrogen-bond donors (Lipinski definition) is 1. The fraction of sp³-hybridized carbons (Fsp3) is 0.222. The van der Waals surface area contributed by atoms with Gasteiger partial charge in [0.15, 0.2) is 0 Å². The molecule has 0 radical (unpaired) electrons. The Labute approximate surface area is 146 Å². The van der Waals surface area contributed by atoms with Crippen molar-refractivity contribution in [2.24, 2.45) is 5.92 Å². The number of carbonyl (C=O) groups excluding carboxylic acids is 2. The van der Waals surface area contributed by atoms with E-state index in [0.717, 1.165) is 12.1 Å². The highest BCUT2D eigenvalue weighted by molar-refractivity contribution is 6.03. The van der Waals surface area contributed by atoms with Crippen LogP contribution in [-0.4, -0.2) is 18.4 Å². The van der Waals surface area contributed by atoms with Crippen LogP contribution >= 0.6 is 0 Å². The standard InChI is InChI=1S/C18H14F4N2O2/c19-13-4-6-14(7-5-13)23-17(26)11-8-16(25)24(10-11)15-3-1-2-12(9-15)18(20,21)22/h1-7,9,11H,8,10H2,(H,23,26)/t11-/m1/s1. The maximum Gasteiger partial charge on any atom is 0.416 e. The lowest BCUT2D eigenvalue weighted by atomic mass is 10.1. The van der Waals surface area contributed by atoms with Gasteiger partial charge in [0.1, 0.15) is 5.82 Å². The first-order valence-electron chi connectivity index (χ1n) is 7.78. The molecule has 3 rings (SSSR count). The predicted molar refractivity (Wildman–Crippen MR) is 86.9 cm³/mol. The van der Waals surface area contributed by atoms with Gasteiger partial charge in [-0.2, -0.15) is 13.2 Å². The quantitative estimate of drug-likeness (QED) is 0.840. The van der Waals surface area contributed by atoms with Gasteiger partial charge in [-0.05, 0) is 42.5 Å². The molecule has 2 aromatic rings. The molecule has 8 heteroatoms. The van der Waals surface area contributed by atoms with Crippen molar-refractivity contribution in [2.45, 2.75) is 12.6 Å². The molecule has 26 heavy (non-hydrogen) atoms. The van der Waals surface area contributed by atoms with Crippen molar-refractivity contribution in [3.05, 3.63) is 59.9 Å². The monoisotopic (exact) mass is 366 g/mol. The van der Waals surface area contributed by atoms with Crippen molar-refractivity contribution in [1.82, 2.24) is 0 Å². The smallest absolute Gasteiger partial charge is 0.326 e. The van der Waals surface area contributed by atoms with Crippen LogP contribution in [0.4, 0.5) is 28.9 Å². The summed E-state index contributed by atoms with van der Waals surface area (Å²) in [5.74, 6) is -2.03. The Hall–Kier alpha value is -2.90. The van der Waals surface area contributed by atoms with Crippen LogP contribution in [0.1, 0.15) is 12.0 Å². The van der Waals surface area contributed by atoms with Gasteiger partial charge in [-0.3, -0.25) is 9.59 Å². The molecule has 0 saturated carbocycles. The van der Waals surface area contributed by atoms with Crippen LogP contribution in [0.25, 0.3) is 0 Å². The number of anilines is 2. The molecule has 136 valence electrons. The van der Waals surface area contributed by atoms with Crippen molar-refractivity contribution in [3.8, 4) is 0 Å². The molecule has 1 heterocycles. The average Bonchev–Trinajstić information content (AvgIpc) is 2.98. The van der Waals surface area contributed by atoms with Gasteiger partial charge in [0.2, 0.25) is 11.8 Å². The molecule has 1 atom stereocenters. The number of carbonyl (C=O) groups is 2. The Balaban J connectivity index is 1.72. The molecule has 0 aromatic heterocycles. The molecule has 0 aliphatic carbocycles. The van der Waals surface area contributed by atoms with Crippen molar-refractivity contribution < 1.29 is 27.2 Å². The summed E-state index contributed by atoms with van der Waals surface area (Å²) in [5, 5.41) is 2.57. The molecule has 1 aliphatic heterocycles. The maximum absolute atomic E-state index is 12.9. The van der Waals surface area contributed by atoms with E-state index in [2.05, 4.69) is 5.32 Å². The van der Waals surface area contributed by atoms with Crippen LogP contribution in [0.3, 0.4) is 0 Å². The first-order chi connectivity index (χ1) is 12.2. The molecule has 0 spiro atoms. The summed E-state index contributed by atoms with van der Waals surface area (Å²) >= 11 is 0. The van der Waals surface area contributed by atoms with Crippen molar-refractivity contribution >= 4 is 23.2 Å². The number of halogens is 4. The predicted octanol–water partition coefficient (Wildman–Crippen LogP) is 3.84. The largest absolute Gasteiger partial charge is 0.416 e. The maximum atomic E-state index is 12.9. The van der Waals surface area contributed by atoms with Gasteiger partial charge >= 0.3 is 6.18 Å². The highest BCUT2D eigenvalue weighted by Crippen LogP contribution is 2.33. The summed E-state index contributed by atoms with van der Waals surface area (Å²) in [7, 11) is 0. The van der Waals surface area contributed by atoms with Crippen LogP contribution in [0.2, 0.25) is 0 Å². The summed E-state index contributed by atoms with van der Waals surface area (Å²) in [4.78, 5) is 25.6. The molecular weight excluding hydrogens is 352 g/mol. The number of nitrogens with one attached hydrogen (secondary N) is 1. The van der Waals surface area contributed by atoms with E-state index in [9.17, 15) is 27.2 Å². The van der Waals surface area contributed by atoms with Gasteiger partial charge in [0, 0.05) is 24.3 Å². The van der Waals surface area contributed by atoms with Crippen LogP contribution in [0.5, 0.6) is 0 Å². The van der Waals surface area contributed by atoms with E-state index in [1.54, 1.807) is 0 Å². The van der Waals surface area contributed by atoms with Gasteiger partial charge in [-0.15, -0.1) is 0 Å². The molecule has 2 amide bonds. The lowest BCUT2D eigenvalue weighted by Crippen LogP contribution is -2.28. The van der Waals surface area contributed by atoms with E-state index in [0.29, 0.717) is 5.69 Å². The second-order valence-electron chi connectivity index (χ2n) is 5.95. The van der Waals surface area contributed by atoms with Crippen molar-refractivity contribution in [3.63, 3.8) is 0 Å². The minimum atomic E-state index is -4.52. The Morgan fingerprint density at radius 3 is 2.46 bits per heavy atom. The summed E-state index contributed by atoms with van der Waals surface area (Å²) in [6, 6.07) is 9.56. The number of hydrogen-bond acceptors (Lipinski definition) is 2. The third-order valence-corrected chi connectivity index (χ3v) is 4.09. The van der Waals surface area contributed by atoms with Crippen LogP contribution in [-0.2, 0) is 15.8 Å². The Kier molecular flexibility index (Phi) is 4.67. The zero-order valence-electron chi connectivity index (χ0n) is 13.4. The van der Waals surface area contributed by atoms with E-state index >= 15 is 0 Å². The van der Waals surface area contributed by atoms with Crippen LogP contribution in [0, 0.1) is 11.7 Å². The first kappa shape index (κ1) is 17.9. The molecule has 2 aromatic carbocycles. The number of alkyl halides is 3. The number of benzene rings is 2. The van der Waals surface area contributed by atoms with Crippen LogP contribution in [0.15, 0.2) is 48.5 Å². The molecule has 1 fully saturated rings. The Morgan fingerprint density at radius 1 is 1.12 bits per heavy atom. The lowest BCUT2D eigenvalue weighted by Gasteiger charge is -2.18. The van der Waals surface area contributed by atoms with E-state index < -0.39 is 35.3 Å². The summed E-state index contributed by atoms with van der Waals surface area (Å²) in [5.41, 5.74) is -0.384. The first-order valence-corrected chi connectivity index (χ1v) is 7.78. The zero-order chi connectivity index (χ0) is 18.9. The van der Waals surface area contributed by atoms with E-state index in [-0.39, 0.29) is 18.7 Å². The number of amides is 2. The Morgan fingerprint density at radius 2 is 1.81 bits per heavy atom. The summed E-state index contributed by atoms with van der Waals surface area (Å²) < 4.78 is 51.4. The molecule has 0 unspecified atom stereocenters. The summed E-state index contributed by atoms with van der Waals surface area (Å²) in [6.07, 6.45) is -4.62. The fourth-order valence-electron chi connectivity index (χ4n) is 2.76. The fourth-order valence-corrected chi connectivity index (χ4v) is 2.76. The number of rotatable bonds is 3. The minimum absolute atomic E-state index is 0.0207. The SMILES string of the molecule is O=C(Nc1ccc(F)cc1)[C@@H]1CC(=O)N(c2cccc(C(F)(F)F)c2)C1. The van der Waals surface area contributed by atoms with Gasteiger partial charge in [-0.1, -0.05) is 6.07 Å². The molecule has 1 saturated heterocycles.